The molecule has 0 aliphatic carbocycles. The second-order valence-electron chi connectivity index (χ2n) is 8.23. The van der Waals surface area contributed by atoms with Crippen LogP contribution in [0.5, 0.6) is 0 Å². The van der Waals surface area contributed by atoms with Crippen molar-refractivity contribution < 1.29 is 9.53 Å². The maximum atomic E-state index is 12.0. The Kier molecular flexibility index (Phi) is 7.65. The van der Waals surface area contributed by atoms with Gasteiger partial charge in [0.2, 0.25) is 11.9 Å². The molecule has 1 aromatic heterocycles. The van der Waals surface area contributed by atoms with Crippen molar-refractivity contribution in [3.8, 4) is 0 Å². The molecule has 1 aromatic carbocycles. The van der Waals surface area contributed by atoms with E-state index in [4.69, 9.17) is 16.3 Å². The lowest BCUT2D eigenvalue weighted by molar-refractivity contribution is -0.125. The van der Waals surface area contributed by atoms with E-state index >= 15 is 0 Å². The van der Waals surface area contributed by atoms with E-state index in [-0.39, 0.29) is 17.9 Å². The topological polar surface area (TPSA) is 91.4 Å². The number of anilines is 4. The van der Waals surface area contributed by atoms with E-state index in [0.29, 0.717) is 29.9 Å². The summed E-state index contributed by atoms with van der Waals surface area (Å²) in [7, 11) is 0. The molecule has 3 heterocycles. The monoisotopic (exact) mass is 458 g/mol. The third-order valence-corrected chi connectivity index (χ3v) is 6.25. The van der Waals surface area contributed by atoms with Crippen LogP contribution in [0, 0.1) is 5.92 Å². The van der Waals surface area contributed by atoms with E-state index in [2.05, 4.69) is 43.0 Å². The van der Waals surface area contributed by atoms with Gasteiger partial charge in [-0.25, -0.2) is 4.98 Å². The van der Waals surface area contributed by atoms with Gasteiger partial charge in [-0.2, -0.15) is 4.98 Å². The Hall–Kier alpha value is -2.58. The van der Waals surface area contributed by atoms with Crippen LogP contribution in [0.25, 0.3) is 0 Å². The van der Waals surface area contributed by atoms with Crippen molar-refractivity contribution in [2.75, 3.05) is 48.3 Å². The number of ether oxygens (including phenoxy) is 1. The maximum absolute atomic E-state index is 12.0. The minimum atomic E-state index is 0.122. The fourth-order valence-electron chi connectivity index (χ4n) is 4.17. The average molecular weight is 459 g/mol. The molecule has 32 heavy (non-hydrogen) atoms. The highest BCUT2D eigenvalue weighted by molar-refractivity contribution is 6.32. The zero-order valence-electron chi connectivity index (χ0n) is 18.4. The first-order chi connectivity index (χ1) is 15.6. The Morgan fingerprint density at radius 1 is 1.22 bits per heavy atom. The number of rotatable bonds is 8. The number of halogens is 1. The Morgan fingerprint density at radius 3 is 2.69 bits per heavy atom. The van der Waals surface area contributed by atoms with Crippen molar-refractivity contribution >= 4 is 40.6 Å². The normalized spacial score (nSPS) is 19.1. The van der Waals surface area contributed by atoms with E-state index in [1.807, 2.05) is 19.1 Å². The van der Waals surface area contributed by atoms with Gasteiger partial charge in [-0.15, -0.1) is 0 Å². The van der Waals surface area contributed by atoms with Crippen molar-refractivity contribution in [2.45, 2.75) is 38.7 Å². The minimum Gasteiger partial charge on any atom is -0.376 e. The molecule has 2 aliphatic heterocycles. The van der Waals surface area contributed by atoms with Crippen LogP contribution in [-0.2, 0) is 9.53 Å². The van der Waals surface area contributed by atoms with Gasteiger partial charge in [-0.05, 0) is 56.9 Å². The number of carbonyl (C=O) groups excluding carboxylic acids is 1. The lowest BCUT2D eigenvalue weighted by Crippen LogP contribution is -2.40. The van der Waals surface area contributed by atoms with Gasteiger partial charge < -0.3 is 25.6 Å². The van der Waals surface area contributed by atoms with Gasteiger partial charge >= 0.3 is 0 Å². The largest absolute Gasteiger partial charge is 0.376 e. The van der Waals surface area contributed by atoms with Crippen molar-refractivity contribution in [3.63, 3.8) is 0 Å². The van der Waals surface area contributed by atoms with Crippen LogP contribution >= 0.6 is 11.6 Å². The molecule has 172 valence electrons. The Balaban J connectivity index is 1.32. The molecule has 2 fully saturated rings. The molecule has 3 N–H and O–H groups in total. The van der Waals surface area contributed by atoms with E-state index < -0.39 is 0 Å². The van der Waals surface area contributed by atoms with Gasteiger partial charge in [0, 0.05) is 50.1 Å². The molecule has 2 aromatic rings. The molecule has 1 unspecified atom stereocenters. The average Bonchev–Trinajstić information content (AvgIpc) is 3.34. The number of carbonyl (C=O) groups is 1. The van der Waals surface area contributed by atoms with Crippen molar-refractivity contribution in [1.82, 2.24) is 15.3 Å². The summed E-state index contributed by atoms with van der Waals surface area (Å²) in [5, 5.41) is 9.93. The number of piperidine rings is 1. The van der Waals surface area contributed by atoms with Crippen LogP contribution < -0.4 is 20.9 Å². The zero-order valence-corrected chi connectivity index (χ0v) is 19.2. The number of hydrogen-bond donors (Lipinski definition) is 3. The van der Waals surface area contributed by atoms with Crippen LogP contribution in [0.2, 0.25) is 5.02 Å². The molecule has 9 heteroatoms. The highest BCUT2D eigenvalue weighted by atomic mass is 35.5. The van der Waals surface area contributed by atoms with Crippen LogP contribution in [0.15, 0.2) is 30.5 Å². The van der Waals surface area contributed by atoms with Crippen LogP contribution in [0.3, 0.4) is 0 Å². The Morgan fingerprint density at radius 2 is 2.00 bits per heavy atom. The predicted octanol–water partition coefficient (Wildman–Crippen LogP) is 3.82. The molecule has 0 bridgehead atoms. The summed E-state index contributed by atoms with van der Waals surface area (Å²) < 4.78 is 5.64. The number of hydrogen-bond acceptors (Lipinski definition) is 7. The van der Waals surface area contributed by atoms with Crippen LogP contribution in [-0.4, -0.2) is 54.8 Å². The number of amides is 1. The molecule has 0 saturated carbocycles. The molecule has 0 spiro atoms. The lowest BCUT2D eigenvalue weighted by atomic mass is 9.95. The number of nitrogens with zero attached hydrogens (tertiary/aromatic N) is 3. The van der Waals surface area contributed by atoms with Gasteiger partial charge in [-0.1, -0.05) is 11.6 Å². The Bertz CT molecular complexity index is 896. The third-order valence-electron chi connectivity index (χ3n) is 5.97. The fraction of sp³-hybridized carbons (Fsp3) is 0.522. The Labute approximate surface area is 194 Å². The number of nitrogens with one attached hydrogen (secondary N) is 3. The summed E-state index contributed by atoms with van der Waals surface area (Å²) >= 11 is 6.25. The highest BCUT2D eigenvalue weighted by Gasteiger charge is 2.24. The summed E-state index contributed by atoms with van der Waals surface area (Å²) in [5.41, 5.74) is 2.05. The third kappa shape index (κ3) is 5.81. The first-order valence-corrected chi connectivity index (χ1v) is 11.8. The second kappa shape index (κ2) is 10.8. The SMILES string of the molecule is CCNC(=O)C1CCN(c2ccc(Nc3ncc(Cl)c(NCC4CCCO4)n3)cc2)CC1. The second-order valence-corrected chi connectivity index (χ2v) is 8.64. The molecular weight excluding hydrogens is 428 g/mol. The molecule has 0 radical (unpaired) electrons. The molecule has 4 rings (SSSR count). The zero-order chi connectivity index (χ0) is 22.3. The predicted molar refractivity (Wildman–Crippen MR) is 128 cm³/mol. The lowest BCUT2D eigenvalue weighted by Gasteiger charge is -2.33. The number of benzene rings is 1. The van der Waals surface area contributed by atoms with Gasteiger partial charge in [0.1, 0.15) is 5.02 Å². The molecule has 2 saturated heterocycles. The summed E-state index contributed by atoms with van der Waals surface area (Å²) in [5.74, 6) is 1.39. The van der Waals surface area contributed by atoms with Gasteiger partial charge in [0.15, 0.2) is 5.82 Å². The molecule has 2 aliphatic rings. The summed E-state index contributed by atoms with van der Waals surface area (Å²) in [4.78, 5) is 23.2. The van der Waals surface area contributed by atoms with Gasteiger partial charge in [-0.3, -0.25) is 4.79 Å². The first kappa shape index (κ1) is 22.6. The summed E-state index contributed by atoms with van der Waals surface area (Å²) in [6.45, 7) is 5.92. The highest BCUT2D eigenvalue weighted by Crippen LogP contribution is 2.26. The molecule has 8 nitrogen and oxygen atoms in total. The minimum absolute atomic E-state index is 0.122. The van der Waals surface area contributed by atoms with Crippen molar-refractivity contribution in [1.29, 1.82) is 0 Å². The fourth-order valence-corrected chi connectivity index (χ4v) is 4.33. The van der Waals surface area contributed by atoms with E-state index in [1.165, 1.54) is 0 Å². The van der Waals surface area contributed by atoms with Crippen molar-refractivity contribution in [3.05, 3.63) is 35.5 Å². The standard InChI is InChI=1S/C23H31ClN6O2/c1-2-25-22(31)16-9-11-30(12-10-16)18-7-5-17(6-8-18)28-23-27-15-20(24)21(29-23)26-14-19-4-3-13-32-19/h5-8,15-16,19H,2-4,9-14H2,1H3,(H,25,31)(H2,26,27,28,29). The van der Waals surface area contributed by atoms with E-state index in [1.54, 1.807) is 6.20 Å². The van der Waals surface area contributed by atoms with Gasteiger partial charge in [0.25, 0.3) is 0 Å². The first-order valence-electron chi connectivity index (χ1n) is 11.4. The van der Waals surface area contributed by atoms with Crippen LogP contribution in [0.4, 0.5) is 23.1 Å². The summed E-state index contributed by atoms with van der Waals surface area (Å²) in [6.07, 6.45) is 5.71. The van der Waals surface area contributed by atoms with Crippen LogP contribution in [0.1, 0.15) is 32.6 Å². The summed E-state index contributed by atoms with van der Waals surface area (Å²) in [6, 6.07) is 8.20. The quantitative estimate of drug-likeness (QED) is 0.553. The smallest absolute Gasteiger partial charge is 0.229 e. The van der Waals surface area contributed by atoms with Gasteiger partial charge in [0.05, 0.1) is 12.3 Å². The van der Waals surface area contributed by atoms with E-state index in [9.17, 15) is 4.79 Å². The molecule has 1 atom stereocenters. The molecular formula is C23H31ClN6O2. The number of aromatic nitrogens is 2. The van der Waals surface area contributed by atoms with E-state index in [0.717, 1.165) is 56.8 Å². The molecule has 1 amide bonds. The maximum Gasteiger partial charge on any atom is 0.229 e. The van der Waals surface area contributed by atoms with Crippen molar-refractivity contribution in [2.24, 2.45) is 5.92 Å².